The number of aliphatic carboxylic acids is 1. The van der Waals surface area contributed by atoms with E-state index in [1.165, 1.54) is 6.20 Å². The molecule has 0 aliphatic carbocycles. The third kappa shape index (κ3) is 5.36. The van der Waals surface area contributed by atoms with E-state index in [1.807, 2.05) is 40.1 Å². The van der Waals surface area contributed by atoms with E-state index >= 15 is 0 Å². The highest BCUT2D eigenvalue weighted by atomic mass is 16.4. The normalized spacial score (nSPS) is 17.8. The first-order valence-electron chi connectivity index (χ1n) is 12.6. The van der Waals surface area contributed by atoms with E-state index in [0.29, 0.717) is 74.8 Å². The summed E-state index contributed by atoms with van der Waals surface area (Å²) in [5, 5.41) is 38.1. The molecule has 0 bridgehead atoms. The number of aliphatic hydroxyl groups is 1. The van der Waals surface area contributed by atoms with E-state index in [9.17, 15) is 19.8 Å². The van der Waals surface area contributed by atoms with Crippen LogP contribution < -0.4 is 20.7 Å². The molecule has 0 saturated carbocycles. The first-order valence-corrected chi connectivity index (χ1v) is 12.6. The number of aliphatic hydroxyl groups excluding tert-OH is 1. The predicted molar refractivity (Wildman–Crippen MR) is 140 cm³/mol. The molecule has 5 rings (SSSR count). The van der Waals surface area contributed by atoms with Crippen molar-refractivity contribution in [3.63, 3.8) is 0 Å². The van der Waals surface area contributed by atoms with E-state index < -0.39 is 17.8 Å². The molecule has 1 aromatic carbocycles. The Morgan fingerprint density at radius 3 is 2.47 bits per heavy atom. The van der Waals surface area contributed by atoms with Crippen molar-refractivity contribution >= 4 is 40.0 Å². The number of carboxylic acids is 1. The van der Waals surface area contributed by atoms with Gasteiger partial charge < -0.3 is 25.3 Å². The summed E-state index contributed by atoms with van der Waals surface area (Å²) in [5.41, 5.74) is 1.75. The molecular formula is C25H29N9O4. The Morgan fingerprint density at radius 2 is 1.82 bits per heavy atom. The molecule has 2 fully saturated rings. The van der Waals surface area contributed by atoms with E-state index in [0.717, 1.165) is 11.4 Å². The van der Waals surface area contributed by atoms with Gasteiger partial charge in [-0.3, -0.25) is 14.5 Å². The molecule has 38 heavy (non-hydrogen) atoms. The van der Waals surface area contributed by atoms with Crippen LogP contribution in [0.2, 0.25) is 0 Å². The second-order valence-electron chi connectivity index (χ2n) is 9.47. The number of hydrogen-bond acceptors (Lipinski definition) is 11. The van der Waals surface area contributed by atoms with Crippen LogP contribution in [0.15, 0.2) is 35.3 Å². The Hall–Kier alpha value is -4.28. The summed E-state index contributed by atoms with van der Waals surface area (Å²) in [7, 11) is 0. The van der Waals surface area contributed by atoms with Crippen molar-refractivity contribution in [1.82, 2.24) is 25.1 Å². The lowest BCUT2D eigenvalue weighted by Gasteiger charge is -2.36. The van der Waals surface area contributed by atoms with Gasteiger partial charge in [0.1, 0.15) is 22.9 Å². The smallest absolute Gasteiger partial charge is 0.306 e. The minimum absolute atomic E-state index is 0.0500. The van der Waals surface area contributed by atoms with Crippen LogP contribution in [0.4, 0.5) is 23.1 Å². The molecule has 0 spiro atoms. The number of carbonyl (C=O) groups is 1. The molecule has 3 aromatic rings. The number of nitrogens with zero attached hydrogens (tertiary/aromatic N) is 7. The fourth-order valence-electron chi connectivity index (χ4n) is 4.93. The zero-order valence-corrected chi connectivity index (χ0v) is 20.7. The number of nitriles is 1. The summed E-state index contributed by atoms with van der Waals surface area (Å²) >= 11 is 0. The Labute approximate surface area is 218 Å². The lowest BCUT2D eigenvalue weighted by molar-refractivity contribution is -0.142. The fraction of sp³-hybridized carbons (Fsp3) is 0.440. The number of aromatic nitrogens is 4. The number of H-pyrrole nitrogens is 1. The van der Waals surface area contributed by atoms with Gasteiger partial charge in [0.05, 0.1) is 24.6 Å². The van der Waals surface area contributed by atoms with Gasteiger partial charge in [-0.15, -0.1) is 0 Å². The number of nitrogens with one attached hydrogen (secondary N) is 2. The Morgan fingerprint density at radius 1 is 1.11 bits per heavy atom. The molecule has 4 N–H and O–H groups in total. The zero-order valence-electron chi connectivity index (χ0n) is 20.7. The molecule has 0 radical (unpaired) electrons. The molecule has 2 aliphatic heterocycles. The number of piperidine rings is 1. The first kappa shape index (κ1) is 25.4. The second-order valence-corrected chi connectivity index (χ2v) is 9.47. The average molecular weight is 520 g/mol. The van der Waals surface area contributed by atoms with Gasteiger partial charge in [-0.1, -0.05) is 0 Å². The maximum atomic E-state index is 12.6. The number of carboxylic acid groups (broad SMARTS) is 1. The van der Waals surface area contributed by atoms with Crippen molar-refractivity contribution in [1.29, 1.82) is 5.26 Å². The Balaban J connectivity index is 1.34. The van der Waals surface area contributed by atoms with Crippen LogP contribution >= 0.6 is 0 Å². The molecule has 2 saturated heterocycles. The molecule has 4 heterocycles. The van der Waals surface area contributed by atoms with Gasteiger partial charge in [-0.2, -0.15) is 15.3 Å². The van der Waals surface area contributed by atoms with E-state index in [2.05, 4.69) is 30.4 Å². The maximum Gasteiger partial charge on any atom is 0.306 e. The summed E-state index contributed by atoms with van der Waals surface area (Å²) in [6.07, 6.45) is 1.98. The number of rotatable bonds is 7. The van der Waals surface area contributed by atoms with E-state index in [4.69, 9.17) is 5.26 Å². The second kappa shape index (κ2) is 11.0. The van der Waals surface area contributed by atoms with Gasteiger partial charge in [0.15, 0.2) is 0 Å². The van der Waals surface area contributed by atoms with Crippen LogP contribution in [-0.4, -0.2) is 86.7 Å². The fourth-order valence-corrected chi connectivity index (χ4v) is 4.93. The van der Waals surface area contributed by atoms with Crippen LogP contribution in [0, 0.1) is 17.2 Å². The van der Waals surface area contributed by atoms with Crippen LogP contribution in [0.25, 0.3) is 10.9 Å². The van der Waals surface area contributed by atoms with Gasteiger partial charge in [-0.05, 0) is 37.1 Å². The lowest BCUT2D eigenvalue weighted by Crippen LogP contribution is -2.50. The van der Waals surface area contributed by atoms with Gasteiger partial charge >= 0.3 is 5.97 Å². The summed E-state index contributed by atoms with van der Waals surface area (Å²) in [5.74, 6) is -0.217. The van der Waals surface area contributed by atoms with Gasteiger partial charge in [0, 0.05) is 50.6 Å². The van der Waals surface area contributed by atoms with Crippen molar-refractivity contribution in [3.05, 3.63) is 40.8 Å². The highest BCUT2D eigenvalue weighted by Crippen LogP contribution is 2.28. The summed E-state index contributed by atoms with van der Waals surface area (Å²) < 4.78 is 0. The number of aromatic amines is 1. The summed E-state index contributed by atoms with van der Waals surface area (Å²) in [4.78, 5) is 39.1. The van der Waals surface area contributed by atoms with Crippen LogP contribution in [0.1, 0.15) is 19.3 Å². The topological polar surface area (TPSA) is 175 Å². The average Bonchev–Trinajstić information content (AvgIpc) is 2.93. The van der Waals surface area contributed by atoms with Crippen molar-refractivity contribution in [2.75, 3.05) is 54.4 Å². The highest BCUT2D eigenvalue weighted by Gasteiger charge is 2.26. The van der Waals surface area contributed by atoms with Gasteiger partial charge in [0.2, 0.25) is 5.95 Å². The number of benzene rings is 1. The number of piperazine rings is 1. The molecule has 13 heteroatoms. The van der Waals surface area contributed by atoms with Gasteiger partial charge in [0.25, 0.3) is 5.56 Å². The molecule has 1 atom stereocenters. The molecule has 0 amide bonds. The minimum Gasteiger partial charge on any atom is -0.481 e. The monoisotopic (exact) mass is 519 g/mol. The zero-order chi connectivity index (χ0) is 26.6. The van der Waals surface area contributed by atoms with Gasteiger partial charge in [-0.25, -0.2) is 10.1 Å². The minimum atomic E-state index is -0.800. The number of anilines is 4. The van der Waals surface area contributed by atoms with Crippen molar-refractivity contribution in [3.8, 4) is 6.07 Å². The Bertz CT molecular complexity index is 1390. The van der Waals surface area contributed by atoms with E-state index in [-0.39, 0.29) is 12.3 Å². The van der Waals surface area contributed by atoms with Crippen molar-refractivity contribution in [2.45, 2.75) is 25.5 Å². The first-order chi connectivity index (χ1) is 18.4. The third-order valence-corrected chi connectivity index (χ3v) is 7.14. The molecule has 2 aromatic heterocycles. The third-order valence-electron chi connectivity index (χ3n) is 7.14. The van der Waals surface area contributed by atoms with Crippen LogP contribution in [0.5, 0.6) is 0 Å². The highest BCUT2D eigenvalue weighted by molar-refractivity contribution is 5.90. The van der Waals surface area contributed by atoms with E-state index in [1.54, 1.807) is 0 Å². The summed E-state index contributed by atoms with van der Waals surface area (Å²) in [6.45, 7) is 3.58. The molecule has 2 aliphatic rings. The predicted octanol–water partition coefficient (Wildman–Crippen LogP) is 1.11. The van der Waals surface area contributed by atoms with Crippen molar-refractivity contribution < 1.29 is 15.0 Å². The molecular weight excluding hydrogens is 490 g/mol. The standard InChI is InChI=1S/C25H29N9O4/c26-8-5-20(35)33-11-13-34(14-12-33)25-29-19-15-27-31-23(36)21(19)22(30-25)28-17-1-3-18(4-2-17)32-9-6-16(7-10-32)24(37)38/h1-4,15-16,20,35H,5-7,9-14H2,(H,31,36)(H,37,38)(H,28,29,30). The number of hydrogen-bond donors (Lipinski definition) is 4. The lowest BCUT2D eigenvalue weighted by atomic mass is 9.97. The van der Waals surface area contributed by atoms with Crippen LogP contribution in [-0.2, 0) is 4.79 Å². The van der Waals surface area contributed by atoms with Crippen LogP contribution in [0.3, 0.4) is 0 Å². The maximum absolute atomic E-state index is 12.6. The molecule has 198 valence electrons. The molecule has 1 unspecified atom stereocenters. The SMILES string of the molecule is N#CCC(O)N1CCN(c2nc(Nc3ccc(N4CCC(C(=O)O)CC4)cc3)c3c(=O)[nH]ncc3n2)CC1. The molecule has 13 nitrogen and oxygen atoms in total. The quantitative estimate of drug-likeness (QED) is 0.350. The number of fused-ring (bicyclic) bond motifs is 1. The summed E-state index contributed by atoms with van der Waals surface area (Å²) in [6, 6.07) is 9.72. The Kier molecular flexibility index (Phi) is 7.34. The largest absolute Gasteiger partial charge is 0.481 e. The van der Waals surface area contributed by atoms with Crippen molar-refractivity contribution in [2.24, 2.45) is 5.92 Å².